The molecule has 2 N–H and O–H groups in total. The number of nitrogen functional groups attached to an aromatic ring is 1. The third-order valence-electron chi connectivity index (χ3n) is 1.77. The molecule has 5 nitrogen and oxygen atoms in total. The summed E-state index contributed by atoms with van der Waals surface area (Å²) in [6.07, 6.45) is 0.620. The van der Waals surface area contributed by atoms with Crippen LogP contribution in [0.25, 0.3) is 0 Å². The zero-order valence-corrected chi connectivity index (χ0v) is 8.53. The number of aromatic nitrogens is 1. The minimum absolute atomic E-state index is 0.0903. The van der Waals surface area contributed by atoms with Gasteiger partial charge in [-0.1, -0.05) is 19.0 Å². The zero-order chi connectivity index (χ0) is 10.7. The minimum Gasteiger partial charge on any atom is -0.465 e. The van der Waals surface area contributed by atoms with Crippen LogP contribution >= 0.6 is 0 Å². The van der Waals surface area contributed by atoms with Crippen LogP contribution < -0.4 is 5.73 Å². The Kier molecular flexibility index (Phi) is 3.11. The molecule has 1 aromatic rings. The number of anilines is 1. The molecule has 0 aliphatic rings. The lowest BCUT2D eigenvalue weighted by Crippen LogP contribution is -2.07. The van der Waals surface area contributed by atoms with Crippen molar-refractivity contribution in [2.75, 3.05) is 12.8 Å². The van der Waals surface area contributed by atoms with Gasteiger partial charge in [-0.25, -0.2) is 4.79 Å². The van der Waals surface area contributed by atoms with Crippen LogP contribution in [0.15, 0.2) is 4.52 Å². The van der Waals surface area contributed by atoms with Crippen molar-refractivity contribution in [1.29, 1.82) is 0 Å². The van der Waals surface area contributed by atoms with Gasteiger partial charge in [-0.15, -0.1) is 0 Å². The molecule has 0 aliphatic carbocycles. The maximum Gasteiger partial charge on any atom is 0.345 e. The molecule has 14 heavy (non-hydrogen) atoms. The van der Waals surface area contributed by atoms with Gasteiger partial charge in [-0.05, 0) is 5.92 Å². The van der Waals surface area contributed by atoms with Gasteiger partial charge in [-0.3, -0.25) is 0 Å². The number of nitrogens with zero attached hydrogens (tertiary/aromatic N) is 1. The molecule has 0 saturated carbocycles. The number of esters is 1. The van der Waals surface area contributed by atoms with Gasteiger partial charge in [0.05, 0.1) is 7.11 Å². The lowest BCUT2D eigenvalue weighted by molar-refractivity contribution is 0.0599. The Morgan fingerprint density at radius 2 is 2.29 bits per heavy atom. The Hall–Kier alpha value is -1.52. The van der Waals surface area contributed by atoms with Crippen LogP contribution in [0.2, 0.25) is 0 Å². The molecule has 0 bridgehead atoms. The topological polar surface area (TPSA) is 78.4 Å². The molecule has 0 fully saturated rings. The zero-order valence-electron chi connectivity index (χ0n) is 8.53. The van der Waals surface area contributed by atoms with Gasteiger partial charge in [0.25, 0.3) is 0 Å². The van der Waals surface area contributed by atoms with Crippen molar-refractivity contribution in [2.24, 2.45) is 5.92 Å². The van der Waals surface area contributed by atoms with Gasteiger partial charge in [0.2, 0.25) is 0 Å². The lowest BCUT2D eigenvalue weighted by Gasteiger charge is -2.02. The van der Waals surface area contributed by atoms with Crippen molar-refractivity contribution in [3.05, 3.63) is 11.3 Å². The molecule has 0 spiro atoms. The summed E-state index contributed by atoms with van der Waals surface area (Å²) < 4.78 is 9.53. The largest absolute Gasteiger partial charge is 0.465 e. The Balaban J connectivity index is 3.00. The summed E-state index contributed by atoms with van der Waals surface area (Å²) in [6.45, 7) is 4.03. The van der Waals surface area contributed by atoms with Crippen LogP contribution in [-0.4, -0.2) is 18.2 Å². The monoisotopic (exact) mass is 198 g/mol. The normalized spacial score (nSPS) is 10.6. The van der Waals surface area contributed by atoms with E-state index in [-0.39, 0.29) is 11.4 Å². The summed E-state index contributed by atoms with van der Waals surface area (Å²) in [7, 11) is 1.30. The molecular weight excluding hydrogens is 184 g/mol. The first-order chi connectivity index (χ1) is 6.56. The number of carbonyl (C=O) groups is 1. The smallest absolute Gasteiger partial charge is 0.345 e. The molecule has 0 aromatic carbocycles. The molecule has 0 atom stereocenters. The van der Waals surface area contributed by atoms with Gasteiger partial charge in [0, 0.05) is 6.42 Å². The summed E-state index contributed by atoms with van der Waals surface area (Å²) in [5, 5.41) is 3.54. The number of carbonyl (C=O) groups excluding carboxylic acids is 1. The Bertz CT molecular complexity index is 331. The van der Waals surface area contributed by atoms with Crippen molar-refractivity contribution < 1.29 is 14.1 Å². The number of nitrogens with two attached hydrogens (primary N) is 1. The number of ether oxygens (including phenoxy) is 1. The van der Waals surface area contributed by atoms with Crippen LogP contribution in [0.3, 0.4) is 0 Å². The second kappa shape index (κ2) is 4.13. The molecule has 1 aromatic heterocycles. The van der Waals surface area contributed by atoms with Crippen LogP contribution in [0.5, 0.6) is 0 Å². The number of methoxy groups -OCH3 is 1. The van der Waals surface area contributed by atoms with E-state index >= 15 is 0 Å². The second-order valence-electron chi connectivity index (χ2n) is 3.46. The summed E-state index contributed by atoms with van der Waals surface area (Å²) in [4.78, 5) is 11.3. The van der Waals surface area contributed by atoms with E-state index in [1.165, 1.54) is 7.11 Å². The standard InChI is InChI=1S/C9H14N2O3/c1-5(2)4-6-7(9(12)13-3)8(10)11-14-6/h5H,4H2,1-3H3,(H2,10,11). The first kappa shape index (κ1) is 10.6. The van der Waals surface area contributed by atoms with E-state index in [4.69, 9.17) is 10.3 Å². The SMILES string of the molecule is COC(=O)c1c(N)noc1CC(C)C. The van der Waals surface area contributed by atoms with Crippen molar-refractivity contribution in [3.8, 4) is 0 Å². The van der Waals surface area contributed by atoms with Crippen LogP contribution in [0.4, 0.5) is 5.82 Å². The number of hydrogen-bond donors (Lipinski definition) is 1. The summed E-state index contributed by atoms with van der Waals surface area (Å²) >= 11 is 0. The maximum atomic E-state index is 11.3. The van der Waals surface area contributed by atoms with Gasteiger partial charge in [0.15, 0.2) is 11.6 Å². The van der Waals surface area contributed by atoms with Crippen LogP contribution in [0, 0.1) is 5.92 Å². The van der Waals surface area contributed by atoms with Crippen molar-refractivity contribution >= 4 is 11.8 Å². The van der Waals surface area contributed by atoms with Crippen LogP contribution in [-0.2, 0) is 11.2 Å². The third-order valence-corrected chi connectivity index (χ3v) is 1.77. The first-order valence-corrected chi connectivity index (χ1v) is 4.38. The Morgan fingerprint density at radius 3 is 2.79 bits per heavy atom. The summed E-state index contributed by atoms with van der Waals surface area (Å²) in [5.74, 6) is 0.446. The lowest BCUT2D eigenvalue weighted by atomic mass is 10.1. The van der Waals surface area contributed by atoms with E-state index in [1.54, 1.807) is 0 Å². The maximum absolute atomic E-state index is 11.3. The fourth-order valence-electron chi connectivity index (χ4n) is 1.17. The number of hydrogen-bond acceptors (Lipinski definition) is 5. The highest BCUT2D eigenvalue weighted by Crippen LogP contribution is 2.20. The molecular formula is C9H14N2O3. The minimum atomic E-state index is -0.501. The Labute approximate surface area is 82.2 Å². The average molecular weight is 198 g/mol. The van der Waals surface area contributed by atoms with Crippen molar-refractivity contribution in [2.45, 2.75) is 20.3 Å². The quantitative estimate of drug-likeness (QED) is 0.739. The third kappa shape index (κ3) is 2.04. The van der Waals surface area contributed by atoms with Crippen LogP contribution in [0.1, 0.15) is 30.0 Å². The van der Waals surface area contributed by atoms with Gasteiger partial charge in [-0.2, -0.15) is 0 Å². The molecule has 0 amide bonds. The van der Waals surface area contributed by atoms with E-state index in [0.29, 0.717) is 18.1 Å². The Morgan fingerprint density at radius 1 is 1.64 bits per heavy atom. The predicted molar refractivity (Wildman–Crippen MR) is 50.8 cm³/mol. The van der Waals surface area contributed by atoms with Gasteiger partial charge >= 0.3 is 5.97 Å². The highest BCUT2D eigenvalue weighted by Gasteiger charge is 2.22. The molecule has 0 radical (unpaired) electrons. The molecule has 1 rings (SSSR count). The van der Waals surface area contributed by atoms with Crippen molar-refractivity contribution in [1.82, 2.24) is 5.16 Å². The highest BCUT2D eigenvalue weighted by molar-refractivity contribution is 5.95. The first-order valence-electron chi connectivity index (χ1n) is 4.38. The van der Waals surface area contributed by atoms with Gasteiger partial charge in [0.1, 0.15) is 5.56 Å². The molecule has 78 valence electrons. The van der Waals surface area contributed by atoms with Gasteiger partial charge < -0.3 is 15.0 Å². The van der Waals surface area contributed by atoms with Crippen molar-refractivity contribution in [3.63, 3.8) is 0 Å². The fourth-order valence-corrected chi connectivity index (χ4v) is 1.17. The van der Waals surface area contributed by atoms with E-state index in [2.05, 4.69) is 9.89 Å². The summed E-state index contributed by atoms with van der Waals surface area (Å²) in [5.41, 5.74) is 5.74. The summed E-state index contributed by atoms with van der Waals surface area (Å²) in [6, 6.07) is 0. The van der Waals surface area contributed by atoms with E-state index in [1.807, 2.05) is 13.8 Å². The molecule has 0 saturated heterocycles. The van der Waals surface area contributed by atoms with E-state index in [9.17, 15) is 4.79 Å². The van der Waals surface area contributed by atoms with E-state index in [0.717, 1.165) is 0 Å². The fraction of sp³-hybridized carbons (Fsp3) is 0.556. The molecule has 5 heteroatoms. The average Bonchev–Trinajstić information content (AvgIpc) is 2.45. The molecule has 1 heterocycles. The molecule has 0 unspecified atom stereocenters. The predicted octanol–water partition coefficient (Wildman–Crippen LogP) is 1.24. The second-order valence-corrected chi connectivity index (χ2v) is 3.46. The highest BCUT2D eigenvalue weighted by atomic mass is 16.5. The number of rotatable bonds is 3. The van der Waals surface area contributed by atoms with E-state index < -0.39 is 5.97 Å². The molecule has 0 aliphatic heterocycles.